The van der Waals surface area contributed by atoms with Crippen LogP contribution in [0.15, 0.2) is 46.9 Å². The molecule has 0 saturated carbocycles. The summed E-state index contributed by atoms with van der Waals surface area (Å²) in [4.78, 5) is 27.1. The largest absolute Gasteiger partial charge is 0.391 e. The molecule has 1 amide bonds. The summed E-state index contributed by atoms with van der Waals surface area (Å²) in [5.41, 5.74) is 1.42. The van der Waals surface area contributed by atoms with Gasteiger partial charge in [0.05, 0.1) is 17.7 Å². The highest BCUT2D eigenvalue weighted by molar-refractivity contribution is 9.10. The smallest absolute Gasteiger partial charge is 0.255 e. The van der Waals surface area contributed by atoms with E-state index in [1.165, 1.54) is 4.90 Å². The fourth-order valence-electron chi connectivity index (χ4n) is 3.25. The van der Waals surface area contributed by atoms with Gasteiger partial charge >= 0.3 is 0 Å². The fraction of sp³-hybridized carbons (Fsp3) is 0.300. The highest BCUT2D eigenvalue weighted by atomic mass is 79.9. The van der Waals surface area contributed by atoms with Crippen molar-refractivity contribution < 1.29 is 14.7 Å². The maximum Gasteiger partial charge on any atom is 0.255 e. The van der Waals surface area contributed by atoms with E-state index in [0.29, 0.717) is 32.9 Å². The fourth-order valence-corrected chi connectivity index (χ4v) is 4.22. The van der Waals surface area contributed by atoms with Crippen molar-refractivity contribution in [1.82, 2.24) is 4.90 Å². The molecule has 0 radical (unpaired) electrons. The first-order valence-corrected chi connectivity index (χ1v) is 10.1. The Morgan fingerprint density at radius 3 is 2.44 bits per heavy atom. The Hall–Kier alpha value is -1.40. The molecular formula is C20H18BrCl2NO3. The minimum absolute atomic E-state index is 0.0556. The predicted molar refractivity (Wildman–Crippen MR) is 109 cm³/mol. The Balaban J connectivity index is 1.72. The van der Waals surface area contributed by atoms with Gasteiger partial charge in [-0.25, -0.2) is 0 Å². The first kappa shape index (κ1) is 20.3. The number of benzene rings is 2. The second-order valence-electron chi connectivity index (χ2n) is 6.58. The van der Waals surface area contributed by atoms with Crippen LogP contribution in [0.3, 0.4) is 0 Å². The molecule has 0 aliphatic carbocycles. The molecule has 27 heavy (non-hydrogen) atoms. The number of halogens is 3. The number of aliphatic hydroxyl groups is 1. The normalized spacial score (nSPS) is 19.3. The van der Waals surface area contributed by atoms with Gasteiger partial charge < -0.3 is 10.0 Å². The van der Waals surface area contributed by atoms with Gasteiger partial charge in [0.2, 0.25) is 0 Å². The number of Topliss-reactive ketones (excluding diaryl/α,β-unsaturated/α-hetero) is 1. The van der Waals surface area contributed by atoms with Crippen LogP contribution in [0, 0.1) is 0 Å². The predicted octanol–water partition coefficient (Wildman–Crippen LogP) is 4.53. The van der Waals surface area contributed by atoms with Crippen LogP contribution in [-0.4, -0.2) is 40.4 Å². The number of ketones is 1. The number of carbonyl (C=O) groups is 2. The Morgan fingerprint density at radius 1 is 1.11 bits per heavy atom. The number of likely N-dealkylation sites (tertiary alicyclic amines) is 1. The molecule has 0 aromatic heterocycles. The highest BCUT2D eigenvalue weighted by Gasteiger charge is 2.39. The van der Waals surface area contributed by atoms with Crippen molar-refractivity contribution in [2.24, 2.45) is 0 Å². The van der Waals surface area contributed by atoms with Crippen LogP contribution in [0.25, 0.3) is 0 Å². The summed E-state index contributed by atoms with van der Waals surface area (Å²) >= 11 is 15.2. The SMILES string of the molecule is O=C(CCc1ccc(Cl)cc1)[C@@H]1C[C@@H](O)CN1C(=O)c1ccc(Cl)cc1Br. The van der Waals surface area contributed by atoms with E-state index in [1.807, 2.05) is 12.1 Å². The number of amides is 1. The van der Waals surface area contributed by atoms with Gasteiger partial charge in [0, 0.05) is 33.9 Å². The number of hydrogen-bond donors (Lipinski definition) is 1. The van der Waals surface area contributed by atoms with Crippen LogP contribution >= 0.6 is 39.1 Å². The highest BCUT2D eigenvalue weighted by Crippen LogP contribution is 2.27. The number of rotatable bonds is 5. The third-order valence-electron chi connectivity index (χ3n) is 4.65. The molecule has 3 rings (SSSR count). The van der Waals surface area contributed by atoms with E-state index < -0.39 is 12.1 Å². The molecular weight excluding hydrogens is 453 g/mol. The van der Waals surface area contributed by atoms with Gasteiger partial charge in [-0.3, -0.25) is 9.59 Å². The molecule has 1 fully saturated rings. The van der Waals surface area contributed by atoms with E-state index >= 15 is 0 Å². The average Bonchev–Trinajstić information content (AvgIpc) is 3.02. The van der Waals surface area contributed by atoms with Gasteiger partial charge in [0.15, 0.2) is 5.78 Å². The molecule has 0 bridgehead atoms. The lowest BCUT2D eigenvalue weighted by Gasteiger charge is -2.24. The Morgan fingerprint density at radius 2 is 1.78 bits per heavy atom. The first-order chi connectivity index (χ1) is 12.8. The summed E-state index contributed by atoms with van der Waals surface area (Å²) < 4.78 is 0.564. The second-order valence-corrected chi connectivity index (χ2v) is 8.31. The number of carbonyl (C=O) groups excluding carboxylic acids is 2. The van der Waals surface area contributed by atoms with Gasteiger partial charge in [-0.05, 0) is 58.2 Å². The molecule has 2 atom stereocenters. The molecule has 1 aliphatic heterocycles. The van der Waals surface area contributed by atoms with E-state index in [2.05, 4.69) is 15.9 Å². The van der Waals surface area contributed by atoms with E-state index in [9.17, 15) is 14.7 Å². The molecule has 1 aliphatic rings. The van der Waals surface area contributed by atoms with E-state index in [0.717, 1.165) is 5.56 Å². The van der Waals surface area contributed by atoms with Gasteiger partial charge in [-0.2, -0.15) is 0 Å². The maximum absolute atomic E-state index is 12.9. The monoisotopic (exact) mass is 469 g/mol. The van der Waals surface area contributed by atoms with Gasteiger partial charge in [-0.15, -0.1) is 0 Å². The standard InChI is InChI=1S/C20H18BrCl2NO3/c21-17-9-14(23)6-7-16(17)20(27)24-11-15(25)10-18(24)19(26)8-3-12-1-4-13(22)5-2-12/h1-2,4-7,9,15,18,25H,3,8,10-11H2/t15-,18+/m1/s1. The summed E-state index contributed by atoms with van der Waals surface area (Å²) in [6, 6.07) is 11.6. The summed E-state index contributed by atoms with van der Waals surface area (Å²) in [6.45, 7) is 0.144. The topological polar surface area (TPSA) is 57.6 Å². The lowest BCUT2D eigenvalue weighted by atomic mass is 10.0. The van der Waals surface area contributed by atoms with Crippen LogP contribution in [0.5, 0.6) is 0 Å². The molecule has 2 aromatic carbocycles. The maximum atomic E-state index is 12.9. The summed E-state index contributed by atoms with van der Waals surface area (Å²) in [5.74, 6) is -0.347. The van der Waals surface area contributed by atoms with Crippen LogP contribution in [0.2, 0.25) is 10.0 Å². The minimum atomic E-state index is -0.704. The van der Waals surface area contributed by atoms with E-state index in [1.54, 1.807) is 30.3 Å². The van der Waals surface area contributed by atoms with E-state index in [4.69, 9.17) is 23.2 Å². The summed E-state index contributed by atoms with van der Waals surface area (Å²) in [6.07, 6.45) is 0.417. The minimum Gasteiger partial charge on any atom is -0.391 e. The number of hydrogen-bond acceptors (Lipinski definition) is 3. The van der Waals surface area contributed by atoms with Gasteiger partial charge in [0.25, 0.3) is 5.91 Å². The molecule has 0 spiro atoms. The zero-order chi connectivity index (χ0) is 19.6. The summed E-state index contributed by atoms with van der Waals surface area (Å²) in [7, 11) is 0. The van der Waals surface area contributed by atoms with Gasteiger partial charge in [-0.1, -0.05) is 35.3 Å². The van der Waals surface area contributed by atoms with Crippen LogP contribution in [0.1, 0.15) is 28.8 Å². The zero-order valence-electron chi connectivity index (χ0n) is 14.4. The van der Waals surface area contributed by atoms with Crippen molar-refractivity contribution in [3.63, 3.8) is 0 Å². The first-order valence-electron chi connectivity index (χ1n) is 8.56. The Labute approximate surface area is 176 Å². The molecule has 7 heteroatoms. The average molecular weight is 471 g/mol. The van der Waals surface area contributed by atoms with Crippen LogP contribution < -0.4 is 0 Å². The second kappa shape index (κ2) is 8.74. The van der Waals surface area contributed by atoms with Crippen molar-refractivity contribution in [3.05, 3.63) is 68.1 Å². The van der Waals surface area contributed by atoms with Crippen molar-refractivity contribution >= 4 is 50.8 Å². The summed E-state index contributed by atoms with van der Waals surface area (Å²) in [5, 5.41) is 11.2. The van der Waals surface area contributed by atoms with Crippen LogP contribution in [0.4, 0.5) is 0 Å². The third-order valence-corrected chi connectivity index (χ3v) is 5.79. The Kier molecular flexibility index (Phi) is 6.58. The van der Waals surface area contributed by atoms with Gasteiger partial charge in [0.1, 0.15) is 0 Å². The molecule has 4 nitrogen and oxygen atoms in total. The number of aliphatic hydroxyl groups excluding tert-OH is 1. The molecule has 1 saturated heterocycles. The third kappa shape index (κ3) is 4.91. The van der Waals surface area contributed by atoms with E-state index in [-0.39, 0.29) is 24.7 Å². The van der Waals surface area contributed by atoms with Crippen molar-refractivity contribution in [1.29, 1.82) is 0 Å². The lowest BCUT2D eigenvalue weighted by molar-refractivity contribution is -0.122. The number of nitrogens with zero attached hydrogens (tertiary/aromatic N) is 1. The quantitative estimate of drug-likeness (QED) is 0.698. The number of β-amino-alcohol motifs (C(OH)–C–C–N with tert-alkyl or cyclic N) is 1. The van der Waals surface area contributed by atoms with Crippen molar-refractivity contribution in [3.8, 4) is 0 Å². The number of aryl methyl sites for hydroxylation is 1. The lowest BCUT2D eigenvalue weighted by Crippen LogP contribution is -2.41. The zero-order valence-corrected chi connectivity index (χ0v) is 17.5. The van der Waals surface area contributed by atoms with Crippen molar-refractivity contribution in [2.75, 3.05) is 6.54 Å². The molecule has 1 heterocycles. The molecule has 142 valence electrons. The van der Waals surface area contributed by atoms with Crippen LogP contribution in [-0.2, 0) is 11.2 Å². The molecule has 0 unspecified atom stereocenters. The molecule has 2 aromatic rings. The van der Waals surface area contributed by atoms with Crippen molar-refractivity contribution in [2.45, 2.75) is 31.4 Å². The molecule has 1 N–H and O–H groups in total. The Bertz CT molecular complexity index is 857.